The molecule has 1 aromatic carbocycles. The molecule has 0 unspecified atom stereocenters. The third-order valence-electron chi connectivity index (χ3n) is 3.01. The second-order valence-corrected chi connectivity index (χ2v) is 4.46. The second-order valence-electron chi connectivity index (χ2n) is 4.46. The van der Waals surface area contributed by atoms with Gasteiger partial charge in [-0.05, 0) is 6.07 Å². The highest BCUT2D eigenvalue weighted by atomic mass is 16.6. The lowest BCUT2D eigenvalue weighted by molar-refractivity contribution is -0.384. The maximum Gasteiger partial charge on any atom is 0.295 e. The first kappa shape index (κ1) is 13.0. The molecular formula is C12H12N6O3. The summed E-state index contributed by atoms with van der Waals surface area (Å²) in [6.07, 6.45) is 2.29. The van der Waals surface area contributed by atoms with Crippen molar-refractivity contribution in [3.8, 4) is 0 Å². The molecule has 2 aromatic heterocycles. The molecule has 0 bridgehead atoms. The fraction of sp³-hybridized carbons (Fsp3) is 0.250. The van der Waals surface area contributed by atoms with E-state index < -0.39 is 4.92 Å². The first-order valence-electron chi connectivity index (χ1n) is 6.25. The van der Waals surface area contributed by atoms with Gasteiger partial charge in [-0.25, -0.2) is 0 Å². The minimum Gasteiger partial charge on any atom is -0.424 e. The van der Waals surface area contributed by atoms with Gasteiger partial charge in [-0.3, -0.25) is 10.1 Å². The molecule has 0 aliphatic rings. The summed E-state index contributed by atoms with van der Waals surface area (Å²) in [7, 11) is 1.87. The summed E-state index contributed by atoms with van der Waals surface area (Å²) in [5.74, 6) is 0.842. The maximum absolute atomic E-state index is 10.7. The van der Waals surface area contributed by atoms with Gasteiger partial charge in [-0.2, -0.15) is 4.98 Å². The van der Waals surface area contributed by atoms with Gasteiger partial charge < -0.3 is 14.3 Å². The van der Waals surface area contributed by atoms with Gasteiger partial charge >= 0.3 is 0 Å². The monoisotopic (exact) mass is 288 g/mol. The predicted molar refractivity (Wildman–Crippen MR) is 73.9 cm³/mol. The van der Waals surface area contributed by atoms with Gasteiger partial charge in [0.1, 0.15) is 17.7 Å². The van der Waals surface area contributed by atoms with Gasteiger partial charge in [0.25, 0.3) is 11.7 Å². The van der Waals surface area contributed by atoms with Crippen LogP contribution in [-0.4, -0.2) is 31.2 Å². The minimum atomic E-state index is -0.463. The molecule has 0 amide bonds. The molecule has 0 atom stereocenters. The number of hydrogen-bond donors (Lipinski definition) is 1. The van der Waals surface area contributed by atoms with Crippen molar-refractivity contribution in [2.45, 2.75) is 6.42 Å². The van der Waals surface area contributed by atoms with Gasteiger partial charge in [-0.1, -0.05) is 0 Å². The number of aryl methyl sites for hydroxylation is 1. The van der Waals surface area contributed by atoms with Gasteiger partial charge in [0.05, 0.1) is 4.92 Å². The Morgan fingerprint density at radius 1 is 1.48 bits per heavy atom. The Morgan fingerprint density at radius 2 is 2.33 bits per heavy atom. The summed E-state index contributed by atoms with van der Waals surface area (Å²) in [6.45, 7) is 0.571. The van der Waals surface area contributed by atoms with E-state index in [-0.39, 0.29) is 5.69 Å². The molecular weight excluding hydrogens is 276 g/mol. The van der Waals surface area contributed by atoms with Gasteiger partial charge in [0.15, 0.2) is 5.58 Å². The first-order valence-corrected chi connectivity index (χ1v) is 6.25. The van der Waals surface area contributed by atoms with E-state index in [0.717, 1.165) is 5.82 Å². The molecule has 108 valence electrons. The number of hydrogen-bond acceptors (Lipinski definition) is 7. The van der Waals surface area contributed by atoms with Crippen molar-refractivity contribution in [2.24, 2.45) is 7.05 Å². The summed E-state index contributed by atoms with van der Waals surface area (Å²) >= 11 is 0. The fourth-order valence-electron chi connectivity index (χ4n) is 1.92. The van der Waals surface area contributed by atoms with Gasteiger partial charge in [-0.15, -0.1) is 10.2 Å². The van der Waals surface area contributed by atoms with Crippen molar-refractivity contribution >= 4 is 22.8 Å². The Bertz CT molecular complexity index is 793. The molecule has 0 saturated heterocycles. The molecule has 0 aliphatic heterocycles. The van der Waals surface area contributed by atoms with E-state index >= 15 is 0 Å². The number of nitrogens with zero attached hydrogens (tertiary/aromatic N) is 5. The Labute approximate surface area is 118 Å². The zero-order chi connectivity index (χ0) is 14.8. The smallest absolute Gasteiger partial charge is 0.295 e. The molecule has 0 spiro atoms. The van der Waals surface area contributed by atoms with E-state index in [2.05, 4.69) is 20.5 Å². The summed E-state index contributed by atoms with van der Waals surface area (Å²) < 4.78 is 7.30. The van der Waals surface area contributed by atoms with Crippen molar-refractivity contribution in [1.29, 1.82) is 0 Å². The molecule has 21 heavy (non-hydrogen) atoms. The van der Waals surface area contributed by atoms with Gasteiger partial charge in [0.2, 0.25) is 0 Å². The van der Waals surface area contributed by atoms with Crippen molar-refractivity contribution in [3.63, 3.8) is 0 Å². The molecule has 9 heteroatoms. The highest BCUT2D eigenvalue weighted by Gasteiger charge is 2.11. The van der Waals surface area contributed by atoms with Crippen molar-refractivity contribution in [1.82, 2.24) is 19.7 Å². The van der Waals surface area contributed by atoms with Crippen LogP contribution in [0.5, 0.6) is 0 Å². The van der Waals surface area contributed by atoms with Crippen LogP contribution in [-0.2, 0) is 13.5 Å². The first-order chi connectivity index (χ1) is 10.1. The number of anilines is 1. The van der Waals surface area contributed by atoms with E-state index in [0.29, 0.717) is 30.1 Å². The normalized spacial score (nSPS) is 10.9. The van der Waals surface area contributed by atoms with Crippen LogP contribution in [0.2, 0.25) is 0 Å². The summed E-state index contributed by atoms with van der Waals surface area (Å²) in [5.41, 5.74) is 0.938. The molecule has 0 aliphatic carbocycles. The lowest BCUT2D eigenvalue weighted by atomic mass is 10.3. The van der Waals surface area contributed by atoms with Crippen LogP contribution in [0.4, 0.5) is 11.7 Å². The number of non-ortho nitro benzene ring substituents is 1. The van der Waals surface area contributed by atoms with E-state index in [9.17, 15) is 10.1 Å². The summed E-state index contributed by atoms with van der Waals surface area (Å²) in [4.78, 5) is 14.4. The summed E-state index contributed by atoms with van der Waals surface area (Å²) in [5, 5.41) is 21.5. The van der Waals surface area contributed by atoms with Gasteiger partial charge in [0, 0.05) is 32.1 Å². The molecule has 0 fully saturated rings. The highest BCUT2D eigenvalue weighted by molar-refractivity contribution is 5.77. The number of nitrogens with one attached hydrogen (secondary N) is 1. The Kier molecular flexibility index (Phi) is 3.22. The standard InChI is InChI=1S/C12H12N6O3/c1-17-7-14-16-11(17)4-5-13-12-15-9-6-8(18(19)20)2-3-10(9)21-12/h2-3,6-7H,4-5H2,1H3,(H,13,15). The molecule has 9 nitrogen and oxygen atoms in total. The zero-order valence-corrected chi connectivity index (χ0v) is 11.2. The molecule has 3 rings (SSSR count). The van der Waals surface area contributed by atoms with Crippen LogP contribution in [0.1, 0.15) is 5.82 Å². The number of aromatic nitrogens is 4. The average Bonchev–Trinajstić information content (AvgIpc) is 3.04. The third kappa shape index (κ3) is 2.66. The van der Waals surface area contributed by atoms with Crippen molar-refractivity contribution in [3.05, 3.63) is 40.5 Å². The van der Waals surface area contributed by atoms with E-state index in [4.69, 9.17) is 4.42 Å². The molecule has 1 N–H and O–H groups in total. The largest absolute Gasteiger partial charge is 0.424 e. The number of fused-ring (bicyclic) bond motifs is 1. The van der Waals surface area contributed by atoms with Crippen molar-refractivity contribution in [2.75, 3.05) is 11.9 Å². The number of nitro groups is 1. The lowest BCUT2D eigenvalue weighted by Gasteiger charge is -2.00. The minimum absolute atomic E-state index is 0.0126. The summed E-state index contributed by atoms with van der Waals surface area (Å²) in [6, 6.07) is 4.63. The maximum atomic E-state index is 10.7. The Balaban J connectivity index is 1.70. The Hall–Kier alpha value is -2.97. The van der Waals surface area contributed by atoms with Crippen LogP contribution in [0.25, 0.3) is 11.1 Å². The molecule has 2 heterocycles. The van der Waals surface area contributed by atoms with Crippen LogP contribution < -0.4 is 5.32 Å². The third-order valence-corrected chi connectivity index (χ3v) is 3.01. The van der Waals surface area contributed by atoms with Crippen molar-refractivity contribution < 1.29 is 9.34 Å². The topological polar surface area (TPSA) is 112 Å². The number of benzene rings is 1. The highest BCUT2D eigenvalue weighted by Crippen LogP contribution is 2.23. The SMILES string of the molecule is Cn1cnnc1CCNc1nc2cc([N+](=O)[O-])ccc2o1. The number of oxazole rings is 1. The average molecular weight is 288 g/mol. The zero-order valence-electron chi connectivity index (χ0n) is 11.2. The number of rotatable bonds is 5. The number of nitro benzene ring substituents is 1. The molecule has 0 saturated carbocycles. The molecule has 0 radical (unpaired) electrons. The quantitative estimate of drug-likeness (QED) is 0.559. The Morgan fingerprint density at radius 3 is 3.05 bits per heavy atom. The van der Waals surface area contributed by atoms with Crippen LogP contribution >= 0.6 is 0 Å². The van der Waals surface area contributed by atoms with E-state index in [1.807, 2.05) is 11.6 Å². The predicted octanol–water partition coefficient (Wildman–Crippen LogP) is 1.52. The van der Waals surface area contributed by atoms with Crippen LogP contribution in [0.15, 0.2) is 28.9 Å². The van der Waals surface area contributed by atoms with Crippen LogP contribution in [0.3, 0.4) is 0 Å². The second kappa shape index (κ2) is 5.19. The van der Waals surface area contributed by atoms with E-state index in [1.54, 1.807) is 6.33 Å². The van der Waals surface area contributed by atoms with E-state index in [1.165, 1.54) is 18.2 Å². The molecule has 3 aromatic rings. The lowest BCUT2D eigenvalue weighted by Crippen LogP contribution is -2.08. The van der Waals surface area contributed by atoms with Crippen LogP contribution in [0, 0.1) is 10.1 Å². The fourth-order valence-corrected chi connectivity index (χ4v) is 1.92.